The van der Waals surface area contributed by atoms with Gasteiger partial charge in [0.15, 0.2) is 6.10 Å². The van der Waals surface area contributed by atoms with E-state index in [0.717, 1.165) is 77.0 Å². The van der Waals surface area contributed by atoms with E-state index >= 15 is 0 Å². The second-order valence-electron chi connectivity index (χ2n) is 23.4. The highest BCUT2D eigenvalue weighted by molar-refractivity contribution is 5.71. The summed E-state index contributed by atoms with van der Waals surface area (Å²) in [6.45, 7) is 6.59. The molecule has 0 aromatic heterocycles. The molecular weight excluding hydrogens is 961 g/mol. The summed E-state index contributed by atoms with van der Waals surface area (Å²) < 4.78 is 16.8. The van der Waals surface area contributed by atoms with Crippen LogP contribution in [-0.4, -0.2) is 37.2 Å². The summed E-state index contributed by atoms with van der Waals surface area (Å²) in [6.07, 6.45) is 84.8. The Labute approximate surface area is 486 Å². The van der Waals surface area contributed by atoms with E-state index in [-0.39, 0.29) is 31.1 Å². The molecule has 0 rings (SSSR count). The summed E-state index contributed by atoms with van der Waals surface area (Å²) in [5.41, 5.74) is 0. The van der Waals surface area contributed by atoms with Crippen LogP contribution in [0.3, 0.4) is 0 Å². The molecule has 1 atom stereocenters. The number of hydrogen-bond donors (Lipinski definition) is 0. The first-order valence-electron chi connectivity index (χ1n) is 34.6. The zero-order chi connectivity index (χ0) is 56.4. The molecule has 6 heteroatoms. The first kappa shape index (κ1) is 75.4. The summed E-state index contributed by atoms with van der Waals surface area (Å²) in [5.74, 6) is -0.879. The summed E-state index contributed by atoms with van der Waals surface area (Å²) in [4.78, 5) is 38.0. The molecule has 0 amide bonds. The SMILES string of the molecule is CCCCC/C=C\C/C=C\C/C=C\CCCCCCCCC(=O)OC(COC(=O)CCCCCCCC)COC(=O)CCCCCCCCCCCCCCCCCCCCCCCCC/C=C\CCCCCCCCCC. The van der Waals surface area contributed by atoms with Gasteiger partial charge in [0.2, 0.25) is 0 Å². The third-order valence-electron chi connectivity index (χ3n) is 15.6. The lowest BCUT2D eigenvalue weighted by molar-refractivity contribution is -0.167. The zero-order valence-electron chi connectivity index (χ0n) is 52.5. The van der Waals surface area contributed by atoms with Crippen molar-refractivity contribution in [2.45, 2.75) is 380 Å². The molecule has 0 heterocycles. The van der Waals surface area contributed by atoms with Crippen LogP contribution in [0.4, 0.5) is 0 Å². The molecule has 456 valence electrons. The van der Waals surface area contributed by atoms with E-state index in [1.165, 1.54) is 257 Å². The molecule has 0 bridgehead atoms. The quantitative estimate of drug-likeness (QED) is 0.0261. The first-order valence-corrected chi connectivity index (χ1v) is 34.6. The van der Waals surface area contributed by atoms with E-state index in [0.29, 0.717) is 19.3 Å². The normalized spacial score (nSPS) is 12.3. The Morgan fingerprint density at radius 1 is 0.256 bits per heavy atom. The van der Waals surface area contributed by atoms with Crippen LogP contribution in [0.5, 0.6) is 0 Å². The largest absolute Gasteiger partial charge is 0.462 e. The number of allylic oxidation sites excluding steroid dienone is 8. The molecule has 0 aromatic rings. The van der Waals surface area contributed by atoms with Gasteiger partial charge in [0.25, 0.3) is 0 Å². The Hall–Kier alpha value is -2.63. The molecule has 0 radical (unpaired) electrons. The van der Waals surface area contributed by atoms with Crippen LogP contribution in [-0.2, 0) is 28.6 Å². The van der Waals surface area contributed by atoms with E-state index in [1.807, 2.05) is 0 Å². The maximum absolute atomic E-state index is 12.8. The van der Waals surface area contributed by atoms with Gasteiger partial charge in [0.05, 0.1) is 0 Å². The predicted molar refractivity (Wildman–Crippen MR) is 339 cm³/mol. The lowest BCUT2D eigenvalue weighted by Crippen LogP contribution is -2.30. The van der Waals surface area contributed by atoms with Crippen molar-refractivity contribution >= 4 is 17.9 Å². The second kappa shape index (κ2) is 66.9. The summed E-state index contributed by atoms with van der Waals surface area (Å²) in [6, 6.07) is 0. The lowest BCUT2D eigenvalue weighted by atomic mass is 10.0. The topological polar surface area (TPSA) is 78.9 Å². The molecule has 0 aromatic carbocycles. The standard InChI is InChI=1S/C72H132O6/c1-4-7-10-13-16-18-20-22-24-26-28-29-30-31-32-33-34-35-36-37-38-39-40-41-42-43-45-46-48-50-52-54-56-59-62-65-71(74)77-68-69(67-76-70(73)64-61-58-15-12-9-6-3)78-72(75)66-63-60-57-55-53-51-49-47-44-27-25-23-21-19-17-14-11-8-5-2/h17,19,23,25-26,28,44,47,69H,4-16,18,20-22,24,27,29-43,45-46,48-68H2,1-3H3/b19-17-,25-23-,28-26-,47-44-. The molecule has 0 saturated carbocycles. The van der Waals surface area contributed by atoms with Gasteiger partial charge in [-0.1, -0.05) is 320 Å². The van der Waals surface area contributed by atoms with Gasteiger partial charge in [-0.3, -0.25) is 14.4 Å². The number of rotatable bonds is 64. The maximum Gasteiger partial charge on any atom is 0.306 e. The number of ether oxygens (including phenoxy) is 3. The maximum atomic E-state index is 12.8. The van der Waals surface area contributed by atoms with Gasteiger partial charge in [0, 0.05) is 19.3 Å². The van der Waals surface area contributed by atoms with Crippen molar-refractivity contribution in [2.75, 3.05) is 13.2 Å². The Morgan fingerprint density at radius 2 is 0.462 bits per heavy atom. The van der Waals surface area contributed by atoms with Gasteiger partial charge in [0.1, 0.15) is 13.2 Å². The van der Waals surface area contributed by atoms with Crippen molar-refractivity contribution in [3.8, 4) is 0 Å². The molecule has 0 fully saturated rings. The molecule has 78 heavy (non-hydrogen) atoms. The van der Waals surface area contributed by atoms with Crippen LogP contribution in [0.15, 0.2) is 48.6 Å². The van der Waals surface area contributed by atoms with Crippen LogP contribution in [0.25, 0.3) is 0 Å². The highest BCUT2D eigenvalue weighted by Crippen LogP contribution is 2.18. The van der Waals surface area contributed by atoms with Crippen molar-refractivity contribution < 1.29 is 28.6 Å². The molecule has 0 aliphatic heterocycles. The molecule has 0 saturated heterocycles. The Bertz CT molecular complexity index is 1350. The number of carbonyl (C=O) groups excluding carboxylic acids is 3. The highest BCUT2D eigenvalue weighted by Gasteiger charge is 2.19. The van der Waals surface area contributed by atoms with Crippen molar-refractivity contribution in [1.82, 2.24) is 0 Å². The third-order valence-corrected chi connectivity index (χ3v) is 15.6. The van der Waals surface area contributed by atoms with Gasteiger partial charge in [-0.2, -0.15) is 0 Å². The lowest BCUT2D eigenvalue weighted by Gasteiger charge is -2.18. The van der Waals surface area contributed by atoms with Crippen LogP contribution >= 0.6 is 0 Å². The van der Waals surface area contributed by atoms with E-state index in [1.54, 1.807) is 0 Å². The van der Waals surface area contributed by atoms with Gasteiger partial charge in [-0.05, 0) is 83.5 Å². The molecule has 0 spiro atoms. The minimum Gasteiger partial charge on any atom is -0.462 e. The van der Waals surface area contributed by atoms with Gasteiger partial charge in [-0.15, -0.1) is 0 Å². The van der Waals surface area contributed by atoms with E-state index in [2.05, 4.69) is 69.4 Å². The Balaban J connectivity index is 3.92. The molecule has 6 nitrogen and oxygen atoms in total. The third kappa shape index (κ3) is 64.2. The van der Waals surface area contributed by atoms with Gasteiger partial charge < -0.3 is 14.2 Å². The van der Waals surface area contributed by atoms with Gasteiger partial charge >= 0.3 is 17.9 Å². The first-order chi connectivity index (χ1) is 38.5. The number of hydrogen-bond acceptors (Lipinski definition) is 6. The van der Waals surface area contributed by atoms with E-state index in [4.69, 9.17) is 14.2 Å². The second-order valence-corrected chi connectivity index (χ2v) is 23.4. The van der Waals surface area contributed by atoms with Crippen LogP contribution in [0, 0.1) is 0 Å². The van der Waals surface area contributed by atoms with Crippen molar-refractivity contribution in [3.63, 3.8) is 0 Å². The number of unbranched alkanes of at least 4 members (excludes halogenated alkanes) is 45. The monoisotopic (exact) mass is 1090 g/mol. The Morgan fingerprint density at radius 3 is 0.756 bits per heavy atom. The summed E-state index contributed by atoms with van der Waals surface area (Å²) >= 11 is 0. The molecule has 0 aliphatic carbocycles. The molecule has 0 N–H and O–H groups in total. The summed E-state index contributed by atoms with van der Waals surface area (Å²) in [5, 5.41) is 0. The fourth-order valence-electron chi connectivity index (χ4n) is 10.3. The zero-order valence-corrected chi connectivity index (χ0v) is 52.5. The average molecular weight is 1090 g/mol. The highest BCUT2D eigenvalue weighted by atomic mass is 16.6. The number of carbonyl (C=O) groups is 3. The van der Waals surface area contributed by atoms with Crippen LogP contribution < -0.4 is 0 Å². The predicted octanol–water partition coefficient (Wildman–Crippen LogP) is 23.7. The van der Waals surface area contributed by atoms with Crippen LogP contribution in [0.2, 0.25) is 0 Å². The van der Waals surface area contributed by atoms with Crippen molar-refractivity contribution in [2.24, 2.45) is 0 Å². The number of esters is 3. The minimum absolute atomic E-state index is 0.0747. The molecule has 0 aliphatic rings. The van der Waals surface area contributed by atoms with E-state index < -0.39 is 6.10 Å². The van der Waals surface area contributed by atoms with Gasteiger partial charge in [-0.25, -0.2) is 0 Å². The Kier molecular flexibility index (Phi) is 64.6. The van der Waals surface area contributed by atoms with E-state index in [9.17, 15) is 14.4 Å². The fraction of sp³-hybridized carbons (Fsp3) is 0.847. The molecule has 1 unspecified atom stereocenters. The molecular formula is C72H132O6. The van der Waals surface area contributed by atoms with Crippen molar-refractivity contribution in [3.05, 3.63) is 48.6 Å². The smallest absolute Gasteiger partial charge is 0.306 e. The summed E-state index contributed by atoms with van der Waals surface area (Å²) in [7, 11) is 0. The van der Waals surface area contributed by atoms with Crippen LogP contribution in [0.1, 0.15) is 374 Å². The fourth-order valence-corrected chi connectivity index (χ4v) is 10.3. The average Bonchev–Trinajstić information content (AvgIpc) is 3.44. The minimum atomic E-state index is -0.776. The van der Waals surface area contributed by atoms with Crippen molar-refractivity contribution in [1.29, 1.82) is 0 Å².